The summed E-state index contributed by atoms with van der Waals surface area (Å²) in [4.78, 5) is 48.9. The minimum atomic E-state index is -0.478. The zero-order valence-electron chi connectivity index (χ0n) is 20.0. The van der Waals surface area contributed by atoms with Crippen molar-refractivity contribution in [3.8, 4) is 0 Å². The van der Waals surface area contributed by atoms with Crippen LogP contribution in [0.15, 0.2) is 21.7 Å². The Hall–Kier alpha value is -3.23. The highest BCUT2D eigenvalue weighted by Crippen LogP contribution is 2.27. The summed E-state index contributed by atoms with van der Waals surface area (Å²) >= 11 is 0. The Morgan fingerprint density at radius 2 is 1.85 bits per heavy atom. The molecular formula is C25H33N5O4. The van der Waals surface area contributed by atoms with E-state index >= 15 is 0 Å². The van der Waals surface area contributed by atoms with E-state index in [-0.39, 0.29) is 17.1 Å². The van der Waals surface area contributed by atoms with Crippen LogP contribution >= 0.6 is 0 Å². The number of hydrogen-bond acceptors (Lipinski definition) is 7. The first-order chi connectivity index (χ1) is 16.5. The molecule has 1 aliphatic rings. The van der Waals surface area contributed by atoms with Gasteiger partial charge in [-0.15, -0.1) is 0 Å². The molecule has 2 N–H and O–H groups in total. The average molecular weight is 468 g/mol. The van der Waals surface area contributed by atoms with Crippen LogP contribution in [0.3, 0.4) is 0 Å². The third-order valence-electron chi connectivity index (χ3n) is 6.46. The number of fused-ring (bicyclic) bond motifs is 2. The van der Waals surface area contributed by atoms with E-state index in [0.29, 0.717) is 43.1 Å². The van der Waals surface area contributed by atoms with Gasteiger partial charge in [-0.3, -0.25) is 19.1 Å². The molecule has 0 spiro atoms. The Labute approximate surface area is 197 Å². The number of ether oxygens (including phenoxy) is 1. The predicted octanol–water partition coefficient (Wildman–Crippen LogP) is 3.81. The summed E-state index contributed by atoms with van der Waals surface area (Å²) in [5.74, 6) is -0.188. The van der Waals surface area contributed by atoms with Crippen molar-refractivity contribution in [2.45, 2.75) is 84.2 Å². The van der Waals surface area contributed by atoms with Gasteiger partial charge in [-0.25, -0.2) is 14.8 Å². The van der Waals surface area contributed by atoms with E-state index in [1.54, 1.807) is 6.92 Å². The van der Waals surface area contributed by atoms with Crippen molar-refractivity contribution in [2.24, 2.45) is 0 Å². The summed E-state index contributed by atoms with van der Waals surface area (Å²) in [6.45, 7) is 4.50. The van der Waals surface area contributed by atoms with E-state index in [1.165, 1.54) is 30.3 Å². The molecule has 34 heavy (non-hydrogen) atoms. The minimum Gasteiger partial charge on any atom is -0.466 e. The molecule has 1 aromatic carbocycles. The summed E-state index contributed by atoms with van der Waals surface area (Å²) in [5.41, 5.74) is 2.84. The molecule has 9 heteroatoms. The van der Waals surface area contributed by atoms with Gasteiger partial charge >= 0.3 is 11.7 Å². The number of esters is 1. The molecule has 0 amide bonds. The monoisotopic (exact) mass is 467 g/mol. The molecule has 1 aliphatic carbocycles. The van der Waals surface area contributed by atoms with Crippen LogP contribution in [0.2, 0.25) is 0 Å². The maximum Gasteiger partial charge on any atom is 0.330 e. The highest BCUT2D eigenvalue weighted by Gasteiger charge is 2.17. The quantitative estimate of drug-likeness (QED) is 0.264. The Kier molecular flexibility index (Phi) is 7.59. The highest BCUT2D eigenvalue weighted by atomic mass is 16.5. The van der Waals surface area contributed by atoms with E-state index < -0.39 is 11.2 Å². The maximum atomic E-state index is 13.0. The van der Waals surface area contributed by atoms with Crippen LogP contribution in [0.25, 0.3) is 22.2 Å². The summed E-state index contributed by atoms with van der Waals surface area (Å²) in [7, 11) is 0. The number of unbranched alkanes of at least 4 members (excludes halogenated alkanes) is 3. The molecule has 4 rings (SSSR count). The zero-order chi connectivity index (χ0) is 24.1. The number of H-pyrrole nitrogens is 1. The number of carbonyl (C=O) groups is 1. The van der Waals surface area contributed by atoms with E-state index in [9.17, 15) is 14.4 Å². The molecule has 0 saturated heterocycles. The molecule has 0 unspecified atom stereocenters. The lowest BCUT2D eigenvalue weighted by Gasteiger charge is -2.16. The van der Waals surface area contributed by atoms with Gasteiger partial charge in [0, 0.05) is 24.7 Å². The summed E-state index contributed by atoms with van der Waals surface area (Å²) in [6.07, 6.45) is 8.25. The zero-order valence-corrected chi connectivity index (χ0v) is 20.0. The first-order valence-electron chi connectivity index (χ1n) is 12.3. The SMILES string of the molecule is CCOC(=O)CCCCCCn1c(=O)[nH]c2nc3cc(NC4CCCC4)c(C)cc3nc2c1=O. The number of nitrogens with zero attached hydrogens (tertiary/aromatic N) is 3. The van der Waals surface area contributed by atoms with Crippen molar-refractivity contribution in [1.29, 1.82) is 0 Å². The van der Waals surface area contributed by atoms with Crippen molar-refractivity contribution in [3.05, 3.63) is 38.5 Å². The summed E-state index contributed by atoms with van der Waals surface area (Å²) in [5, 5.41) is 3.60. The molecule has 2 aromatic heterocycles. The van der Waals surface area contributed by atoms with Crippen molar-refractivity contribution in [2.75, 3.05) is 11.9 Å². The van der Waals surface area contributed by atoms with Gasteiger partial charge < -0.3 is 10.1 Å². The molecular weight excluding hydrogens is 434 g/mol. The largest absolute Gasteiger partial charge is 0.466 e. The molecule has 0 aliphatic heterocycles. The molecule has 3 aromatic rings. The van der Waals surface area contributed by atoms with Gasteiger partial charge in [0.2, 0.25) is 0 Å². The summed E-state index contributed by atoms with van der Waals surface area (Å²) < 4.78 is 6.11. The van der Waals surface area contributed by atoms with Crippen LogP contribution in [-0.4, -0.2) is 38.1 Å². The second-order valence-corrected chi connectivity index (χ2v) is 9.06. The fraction of sp³-hybridized carbons (Fsp3) is 0.560. The van der Waals surface area contributed by atoms with E-state index in [4.69, 9.17) is 4.74 Å². The number of aromatic nitrogens is 4. The van der Waals surface area contributed by atoms with Crippen molar-refractivity contribution < 1.29 is 9.53 Å². The number of carbonyl (C=O) groups excluding carboxylic acids is 1. The number of rotatable bonds is 10. The molecule has 2 heterocycles. The molecule has 1 saturated carbocycles. The predicted molar refractivity (Wildman–Crippen MR) is 132 cm³/mol. The van der Waals surface area contributed by atoms with E-state index in [1.807, 2.05) is 19.1 Å². The van der Waals surface area contributed by atoms with Gasteiger partial charge in [0.25, 0.3) is 5.56 Å². The van der Waals surface area contributed by atoms with Crippen molar-refractivity contribution in [3.63, 3.8) is 0 Å². The van der Waals surface area contributed by atoms with Gasteiger partial charge in [0.1, 0.15) is 0 Å². The Bertz CT molecular complexity index is 1290. The standard InChI is InChI=1S/C25H33N5O4/c1-3-34-21(31)12-6-4-5-9-13-30-24(32)22-23(29-25(30)33)28-20-15-18(16(2)14-19(20)27-22)26-17-10-7-8-11-17/h14-15,17,26H,3-13H2,1-2H3,(H,28,29,33). The lowest BCUT2D eigenvalue weighted by atomic mass is 10.1. The second-order valence-electron chi connectivity index (χ2n) is 9.06. The maximum absolute atomic E-state index is 13.0. The molecule has 1 fully saturated rings. The van der Waals surface area contributed by atoms with Crippen LogP contribution in [0.4, 0.5) is 5.69 Å². The average Bonchev–Trinajstić information content (AvgIpc) is 3.31. The van der Waals surface area contributed by atoms with Crippen LogP contribution in [0, 0.1) is 6.92 Å². The summed E-state index contributed by atoms with van der Waals surface area (Å²) in [6, 6.07) is 4.37. The molecule has 182 valence electrons. The first-order valence-corrected chi connectivity index (χ1v) is 12.3. The van der Waals surface area contributed by atoms with Crippen molar-refractivity contribution >= 4 is 33.9 Å². The number of anilines is 1. The minimum absolute atomic E-state index is 0.172. The number of benzene rings is 1. The number of nitrogens with one attached hydrogen (secondary N) is 2. The van der Waals surface area contributed by atoms with E-state index in [2.05, 4.69) is 20.3 Å². The molecule has 0 radical (unpaired) electrons. The van der Waals surface area contributed by atoms with Gasteiger partial charge in [-0.05, 0) is 57.2 Å². The molecule has 9 nitrogen and oxygen atoms in total. The van der Waals surface area contributed by atoms with Crippen LogP contribution < -0.4 is 16.6 Å². The Balaban J connectivity index is 1.49. The van der Waals surface area contributed by atoms with Crippen LogP contribution in [-0.2, 0) is 16.1 Å². The Morgan fingerprint density at radius 3 is 2.62 bits per heavy atom. The third kappa shape index (κ3) is 5.46. The Morgan fingerprint density at radius 1 is 1.12 bits per heavy atom. The second kappa shape index (κ2) is 10.8. The first kappa shape index (κ1) is 23.9. The lowest BCUT2D eigenvalue weighted by molar-refractivity contribution is -0.143. The van der Waals surface area contributed by atoms with Crippen LogP contribution in [0.5, 0.6) is 0 Å². The van der Waals surface area contributed by atoms with Gasteiger partial charge in [0.05, 0.1) is 17.6 Å². The topological polar surface area (TPSA) is 119 Å². The van der Waals surface area contributed by atoms with Gasteiger partial charge in [0.15, 0.2) is 11.2 Å². The van der Waals surface area contributed by atoms with Crippen LogP contribution in [0.1, 0.15) is 70.3 Å². The smallest absolute Gasteiger partial charge is 0.330 e. The van der Waals surface area contributed by atoms with E-state index in [0.717, 1.165) is 30.5 Å². The fourth-order valence-electron chi connectivity index (χ4n) is 4.61. The molecule has 0 atom stereocenters. The van der Waals surface area contributed by atoms with Crippen molar-refractivity contribution in [1.82, 2.24) is 19.5 Å². The normalized spacial score (nSPS) is 14.2. The van der Waals surface area contributed by atoms with Gasteiger partial charge in [-0.2, -0.15) is 0 Å². The number of aryl methyl sites for hydroxylation is 1. The van der Waals surface area contributed by atoms with Gasteiger partial charge in [-0.1, -0.05) is 25.7 Å². The number of aromatic amines is 1. The number of hydrogen-bond donors (Lipinski definition) is 2. The molecule has 0 bridgehead atoms. The highest BCUT2D eigenvalue weighted by molar-refractivity contribution is 5.87. The lowest BCUT2D eigenvalue weighted by Crippen LogP contribution is -2.35. The third-order valence-corrected chi connectivity index (χ3v) is 6.46. The fourth-order valence-corrected chi connectivity index (χ4v) is 4.61.